The van der Waals surface area contributed by atoms with Crippen LogP contribution < -0.4 is 10.1 Å². The van der Waals surface area contributed by atoms with Gasteiger partial charge in [-0.15, -0.1) is 16.4 Å². The SMILES string of the molecule is CSc1nc2n(n1)[C@@H](c1ccc(Br)cc1)C1=C(N2)c2cc(Cl)ccc2O[C@H]1c1cccs1. The number of ether oxygens (including phenoxy) is 1. The van der Waals surface area contributed by atoms with Gasteiger partial charge in [0.05, 0.1) is 5.70 Å². The molecule has 0 radical (unpaired) electrons. The number of hydrogen-bond acceptors (Lipinski definition) is 6. The zero-order chi connectivity index (χ0) is 21.8. The average molecular weight is 544 g/mol. The van der Waals surface area contributed by atoms with Gasteiger partial charge < -0.3 is 10.1 Å². The topological polar surface area (TPSA) is 52.0 Å². The predicted molar refractivity (Wildman–Crippen MR) is 134 cm³/mol. The van der Waals surface area contributed by atoms with Crippen LogP contribution in [-0.2, 0) is 0 Å². The first-order valence-corrected chi connectivity index (χ1v) is 13.2. The molecule has 5 nitrogen and oxygen atoms in total. The quantitative estimate of drug-likeness (QED) is 0.281. The van der Waals surface area contributed by atoms with Crippen LogP contribution in [0.1, 0.15) is 28.1 Å². The van der Waals surface area contributed by atoms with Crippen LogP contribution in [-0.4, -0.2) is 21.0 Å². The summed E-state index contributed by atoms with van der Waals surface area (Å²) in [7, 11) is 0. The Bertz CT molecular complexity index is 1350. The molecule has 0 bridgehead atoms. The molecule has 2 atom stereocenters. The first kappa shape index (κ1) is 20.4. The van der Waals surface area contributed by atoms with Gasteiger partial charge in [0, 0.05) is 25.5 Å². The summed E-state index contributed by atoms with van der Waals surface area (Å²) in [5, 5.41) is 11.8. The standard InChI is InChI=1S/C23H16BrClN4OS2/c1-31-23-27-22-26-19-15-11-14(25)8-9-16(15)30-21(17-3-2-10-32-17)18(19)20(29(22)28-23)12-4-6-13(24)7-5-12/h2-11,20-21H,1H3,(H,26,27,28)/t20-,21-/m0/s1. The summed E-state index contributed by atoms with van der Waals surface area (Å²) in [5.74, 6) is 1.51. The van der Waals surface area contributed by atoms with E-state index in [1.54, 1.807) is 11.3 Å². The second-order valence-electron chi connectivity index (χ2n) is 7.43. The molecule has 0 amide bonds. The Morgan fingerprint density at radius 3 is 2.78 bits per heavy atom. The van der Waals surface area contributed by atoms with Gasteiger partial charge in [-0.2, -0.15) is 4.98 Å². The van der Waals surface area contributed by atoms with E-state index in [0.717, 1.165) is 42.7 Å². The Morgan fingerprint density at radius 1 is 1.19 bits per heavy atom. The molecule has 4 heterocycles. The molecule has 2 aliphatic rings. The van der Waals surface area contributed by atoms with Gasteiger partial charge >= 0.3 is 0 Å². The van der Waals surface area contributed by atoms with Crippen molar-refractivity contribution in [3.63, 3.8) is 0 Å². The molecule has 4 aromatic rings. The van der Waals surface area contributed by atoms with Crippen molar-refractivity contribution < 1.29 is 4.74 Å². The van der Waals surface area contributed by atoms with E-state index in [-0.39, 0.29) is 12.1 Å². The number of anilines is 1. The summed E-state index contributed by atoms with van der Waals surface area (Å²) in [6.07, 6.45) is 1.73. The highest BCUT2D eigenvalue weighted by Gasteiger charge is 2.41. The molecule has 0 saturated heterocycles. The van der Waals surface area contributed by atoms with Gasteiger partial charge in [0.15, 0.2) is 6.10 Å². The average Bonchev–Trinajstić information content (AvgIpc) is 3.48. The van der Waals surface area contributed by atoms with Crippen LogP contribution in [0.2, 0.25) is 5.02 Å². The monoisotopic (exact) mass is 542 g/mol. The van der Waals surface area contributed by atoms with Gasteiger partial charge in [-0.05, 0) is 53.6 Å². The van der Waals surface area contributed by atoms with Gasteiger partial charge in [0.25, 0.3) is 0 Å². The second kappa shape index (κ2) is 7.95. The predicted octanol–water partition coefficient (Wildman–Crippen LogP) is 7.04. The number of thiophene rings is 1. The summed E-state index contributed by atoms with van der Waals surface area (Å²) < 4.78 is 9.60. The van der Waals surface area contributed by atoms with E-state index in [2.05, 4.69) is 63.0 Å². The third kappa shape index (κ3) is 3.28. The van der Waals surface area contributed by atoms with Crippen molar-refractivity contribution in [2.45, 2.75) is 17.3 Å². The molecule has 0 spiro atoms. The molecule has 0 unspecified atom stereocenters. The third-order valence-corrected chi connectivity index (χ3v) is 7.80. The molecular formula is C23H16BrClN4OS2. The van der Waals surface area contributed by atoms with Gasteiger partial charge in [0.1, 0.15) is 11.8 Å². The van der Waals surface area contributed by atoms with E-state index >= 15 is 0 Å². The molecule has 160 valence electrons. The number of hydrogen-bond donors (Lipinski definition) is 1. The summed E-state index contributed by atoms with van der Waals surface area (Å²) in [4.78, 5) is 5.86. The molecule has 0 aliphatic carbocycles. The maximum absolute atomic E-state index is 6.60. The van der Waals surface area contributed by atoms with Gasteiger partial charge in [-0.3, -0.25) is 0 Å². The minimum absolute atomic E-state index is 0.179. The molecule has 2 aromatic heterocycles. The van der Waals surface area contributed by atoms with Crippen LogP contribution in [0.5, 0.6) is 5.75 Å². The molecule has 2 aliphatic heterocycles. The summed E-state index contributed by atoms with van der Waals surface area (Å²) in [5.41, 5.74) is 4.11. The number of aromatic nitrogens is 3. The lowest BCUT2D eigenvalue weighted by atomic mass is 9.86. The maximum atomic E-state index is 6.60. The highest BCUT2D eigenvalue weighted by molar-refractivity contribution is 9.10. The number of nitrogens with one attached hydrogen (secondary N) is 1. The van der Waals surface area contributed by atoms with Crippen LogP contribution in [0.15, 0.2) is 75.2 Å². The van der Waals surface area contributed by atoms with Crippen molar-refractivity contribution in [2.75, 3.05) is 11.6 Å². The summed E-state index contributed by atoms with van der Waals surface area (Å²) >= 11 is 13.2. The van der Waals surface area contributed by atoms with E-state index in [0.29, 0.717) is 11.0 Å². The zero-order valence-corrected chi connectivity index (χ0v) is 20.7. The first-order chi connectivity index (χ1) is 15.6. The third-order valence-electron chi connectivity index (χ3n) is 5.58. The number of rotatable bonds is 3. The Balaban J connectivity index is 1.64. The smallest absolute Gasteiger partial charge is 0.227 e. The zero-order valence-electron chi connectivity index (χ0n) is 16.8. The largest absolute Gasteiger partial charge is 0.480 e. The van der Waals surface area contributed by atoms with E-state index < -0.39 is 0 Å². The Labute approximate surface area is 206 Å². The molecule has 1 N–H and O–H groups in total. The number of halogens is 2. The van der Waals surface area contributed by atoms with Crippen LogP contribution in [0, 0.1) is 0 Å². The number of benzene rings is 2. The highest BCUT2D eigenvalue weighted by Crippen LogP contribution is 2.52. The minimum atomic E-state index is -0.255. The van der Waals surface area contributed by atoms with Crippen molar-refractivity contribution in [1.29, 1.82) is 0 Å². The number of thioether (sulfide) groups is 1. The lowest BCUT2D eigenvalue weighted by Gasteiger charge is -2.38. The Kier molecular flexibility index (Phi) is 5.06. The van der Waals surface area contributed by atoms with E-state index in [1.807, 2.05) is 29.1 Å². The van der Waals surface area contributed by atoms with Gasteiger partial charge in [-0.25, -0.2) is 4.68 Å². The second-order valence-corrected chi connectivity index (χ2v) is 10.5. The molecular weight excluding hydrogens is 528 g/mol. The lowest BCUT2D eigenvalue weighted by molar-refractivity contribution is 0.226. The van der Waals surface area contributed by atoms with Crippen molar-refractivity contribution in [2.24, 2.45) is 0 Å². The van der Waals surface area contributed by atoms with Crippen molar-refractivity contribution in [3.8, 4) is 5.75 Å². The molecule has 9 heteroatoms. The maximum Gasteiger partial charge on any atom is 0.227 e. The fraction of sp³-hybridized carbons (Fsp3) is 0.130. The van der Waals surface area contributed by atoms with E-state index in [9.17, 15) is 0 Å². The van der Waals surface area contributed by atoms with Crippen molar-refractivity contribution in [3.05, 3.63) is 91.0 Å². The van der Waals surface area contributed by atoms with Gasteiger partial charge in [0.2, 0.25) is 11.1 Å². The highest BCUT2D eigenvalue weighted by atomic mass is 79.9. The lowest BCUT2D eigenvalue weighted by Crippen LogP contribution is -2.32. The molecule has 2 aromatic carbocycles. The number of nitrogens with zero attached hydrogens (tertiary/aromatic N) is 3. The Hall–Kier alpha value is -2.26. The molecule has 0 saturated carbocycles. The fourth-order valence-corrected chi connectivity index (χ4v) is 5.77. The number of fused-ring (bicyclic) bond motifs is 3. The minimum Gasteiger partial charge on any atom is -0.480 e. The van der Waals surface area contributed by atoms with Crippen LogP contribution in [0.25, 0.3) is 5.70 Å². The molecule has 32 heavy (non-hydrogen) atoms. The van der Waals surface area contributed by atoms with Crippen LogP contribution in [0.4, 0.5) is 5.95 Å². The van der Waals surface area contributed by atoms with E-state index in [1.165, 1.54) is 11.8 Å². The normalized spacial score (nSPS) is 19.0. The molecule has 6 rings (SSSR count). The van der Waals surface area contributed by atoms with Crippen LogP contribution >= 0.6 is 50.6 Å². The Morgan fingerprint density at radius 2 is 2.03 bits per heavy atom. The molecule has 0 fully saturated rings. The first-order valence-electron chi connectivity index (χ1n) is 9.89. The van der Waals surface area contributed by atoms with Crippen LogP contribution in [0.3, 0.4) is 0 Å². The van der Waals surface area contributed by atoms with Gasteiger partial charge in [-0.1, -0.05) is 57.5 Å². The van der Waals surface area contributed by atoms with E-state index in [4.69, 9.17) is 26.4 Å². The summed E-state index contributed by atoms with van der Waals surface area (Å²) in [6, 6.07) is 18.1. The fourth-order valence-electron chi connectivity index (χ4n) is 4.21. The van der Waals surface area contributed by atoms with Crippen molar-refractivity contribution >= 4 is 62.3 Å². The van der Waals surface area contributed by atoms with Crippen molar-refractivity contribution in [1.82, 2.24) is 14.8 Å². The summed E-state index contributed by atoms with van der Waals surface area (Å²) in [6.45, 7) is 0.